The molecule has 25 heavy (non-hydrogen) atoms. The summed E-state index contributed by atoms with van der Waals surface area (Å²) >= 11 is 1.48. The number of aromatic nitrogens is 1. The number of hydrogen-bond donors (Lipinski definition) is 2. The van der Waals surface area contributed by atoms with Crippen LogP contribution in [0, 0.1) is 0 Å². The van der Waals surface area contributed by atoms with Crippen molar-refractivity contribution in [2.45, 2.75) is 17.7 Å². The molecular weight excluding hydrogens is 336 g/mol. The van der Waals surface area contributed by atoms with Crippen LogP contribution in [0.1, 0.15) is 23.2 Å². The highest BCUT2D eigenvalue weighted by Gasteiger charge is 2.18. The summed E-state index contributed by atoms with van der Waals surface area (Å²) in [6, 6.07) is 9.15. The fourth-order valence-electron chi connectivity index (χ4n) is 3.02. The molecule has 1 saturated heterocycles. The topological polar surface area (TPSA) is 74.3 Å². The molecule has 2 N–H and O–H groups in total. The van der Waals surface area contributed by atoms with Gasteiger partial charge in [-0.2, -0.15) is 0 Å². The summed E-state index contributed by atoms with van der Waals surface area (Å²) in [5, 5.41) is 5.65. The highest BCUT2D eigenvalue weighted by Crippen LogP contribution is 2.32. The average Bonchev–Trinajstić information content (AvgIpc) is 3.16. The van der Waals surface area contributed by atoms with Gasteiger partial charge in [0.05, 0.1) is 23.3 Å². The van der Waals surface area contributed by atoms with Crippen molar-refractivity contribution in [1.29, 1.82) is 0 Å². The molecule has 6 nitrogen and oxygen atoms in total. The molecule has 0 unspecified atom stereocenters. The number of anilines is 3. The van der Waals surface area contributed by atoms with Gasteiger partial charge in [0, 0.05) is 23.5 Å². The quantitative estimate of drug-likeness (QED) is 0.886. The summed E-state index contributed by atoms with van der Waals surface area (Å²) in [6.07, 6.45) is 4.09. The van der Waals surface area contributed by atoms with Crippen molar-refractivity contribution >= 4 is 40.8 Å². The molecule has 0 atom stereocenters. The summed E-state index contributed by atoms with van der Waals surface area (Å²) in [5.74, 6) is 1.09. The fraction of sp³-hybridized carbons (Fsp3) is 0.278. The van der Waals surface area contributed by atoms with Gasteiger partial charge in [-0.25, -0.2) is 4.98 Å². The third kappa shape index (κ3) is 3.46. The number of thioether (sulfide) groups is 1. The number of hydrogen-bond acceptors (Lipinski definition) is 5. The second-order valence-electron chi connectivity index (χ2n) is 6.10. The zero-order valence-corrected chi connectivity index (χ0v) is 14.4. The molecule has 3 heterocycles. The standard InChI is InChI=1S/C18H18N4O2S/c23-17-11-25-15-5-3-12(9-14(15)21-17)18(24)20-13-4-6-16(19-10-13)22-7-1-2-8-22/h3-6,9-10H,1-2,7-8,11H2,(H,20,24)(H,21,23). The predicted octanol–water partition coefficient (Wildman–Crippen LogP) is 2.98. The van der Waals surface area contributed by atoms with E-state index in [-0.39, 0.29) is 11.8 Å². The Labute approximate surface area is 150 Å². The molecule has 1 fully saturated rings. The first-order valence-corrected chi connectivity index (χ1v) is 9.27. The van der Waals surface area contributed by atoms with Crippen molar-refractivity contribution < 1.29 is 9.59 Å². The van der Waals surface area contributed by atoms with E-state index >= 15 is 0 Å². The zero-order valence-electron chi connectivity index (χ0n) is 13.6. The first-order chi connectivity index (χ1) is 12.2. The molecule has 2 amide bonds. The molecule has 1 aromatic heterocycles. The van der Waals surface area contributed by atoms with Crippen LogP contribution in [0.3, 0.4) is 0 Å². The van der Waals surface area contributed by atoms with E-state index in [0.29, 0.717) is 22.7 Å². The molecule has 0 bridgehead atoms. The average molecular weight is 354 g/mol. The number of fused-ring (bicyclic) bond motifs is 1. The molecule has 2 aliphatic heterocycles. The maximum Gasteiger partial charge on any atom is 0.255 e. The normalized spacial score (nSPS) is 16.3. The van der Waals surface area contributed by atoms with E-state index in [1.165, 1.54) is 24.6 Å². The van der Waals surface area contributed by atoms with E-state index in [1.54, 1.807) is 18.3 Å². The molecular formula is C18H18N4O2S. The predicted molar refractivity (Wildman–Crippen MR) is 99.4 cm³/mol. The van der Waals surface area contributed by atoms with Crippen LogP contribution in [0.2, 0.25) is 0 Å². The Morgan fingerprint density at radius 2 is 2.04 bits per heavy atom. The van der Waals surface area contributed by atoms with Gasteiger partial charge in [-0.1, -0.05) is 0 Å². The molecule has 1 aromatic carbocycles. The van der Waals surface area contributed by atoms with Crippen LogP contribution < -0.4 is 15.5 Å². The fourth-order valence-corrected chi connectivity index (χ4v) is 3.81. The maximum absolute atomic E-state index is 12.5. The molecule has 0 spiro atoms. The molecule has 0 saturated carbocycles. The first kappa shape index (κ1) is 16.0. The second kappa shape index (κ2) is 6.76. The van der Waals surface area contributed by atoms with Crippen molar-refractivity contribution in [3.05, 3.63) is 42.1 Å². The van der Waals surface area contributed by atoms with Gasteiger partial charge in [-0.15, -0.1) is 11.8 Å². The number of carbonyl (C=O) groups excluding carboxylic acids is 2. The van der Waals surface area contributed by atoms with Crippen LogP contribution in [-0.4, -0.2) is 35.6 Å². The number of rotatable bonds is 3. The van der Waals surface area contributed by atoms with Gasteiger partial charge in [-0.3, -0.25) is 9.59 Å². The molecule has 2 aromatic rings. The van der Waals surface area contributed by atoms with Gasteiger partial charge in [0.1, 0.15) is 5.82 Å². The van der Waals surface area contributed by atoms with Crippen molar-refractivity contribution in [3.63, 3.8) is 0 Å². The number of benzene rings is 1. The minimum atomic E-state index is -0.219. The lowest BCUT2D eigenvalue weighted by atomic mass is 10.1. The van der Waals surface area contributed by atoms with E-state index in [1.807, 2.05) is 18.2 Å². The Bertz CT molecular complexity index is 816. The van der Waals surface area contributed by atoms with Gasteiger partial charge >= 0.3 is 0 Å². The van der Waals surface area contributed by atoms with Gasteiger partial charge in [0.25, 0.3) is 5.91 Å². The molecule has 0 radical (unpaired) electrons. The summed E-state index contributed by atoms with van der Waals surface area (Å²) in [7, 11) is 0. The van der Waals surface area contributed by atoms with Crippen molar-refractivity contribution in [3.8, 4) is 0 Å². The minimum absolute atomic E-state index is 0.0447. The monoisotopic (exact) mass is 354 g/mol. The smallest absolute Gasteiger partial charge is 0.255 e. The number of amides is 2. The summed E-state index contributed by atoms with van der Waals surface area (Å²) in [5.41, 5.74) is 1.85. The van der Waals surface area contributed by atoms with Crippen LogP contribution in [-0.2, 0) is 4.79 Å². The number of carbonyl (C=O) groups is 2. The Kier molecular flexibility index (Phi) is 4.31. The lowest BCUT2D eigenvalue weighted by Crippen LogP contribution is -2.20. The third-order valence-electron chi connectivity index (χ3n) is 4.31. The van der Waals surface area contributed by atoms with E-state index in [9.17, 15) is 9.59 Å². The first-order valence-electron chi connectivity index (χ1n) is 8.28. The van der Waals surface area contributed by atoms with Gasteiger partial charge in [0.2, 0.25) is 5.91 Å². The molecule has 7 heteroatoms. The highest BCUT2D eigenvalue weighted by atomic mass is 32.2. The van der Waals surface area contributed by atoms with Crippen molar-refractivity contribution in [1.82, 2.24) is 4.98 Å². The summed E-state index contributed by atoms with van der Waals surface area (Å²) < 4.78 is 0. The van der Waals surface area contributed by atoms with E-state index < -0.39 is 0 Å². The number of nitrogens with zero attached hydrogens (tertiary/aromatic N) is 2. The Hall–Kier alpha value is -2.54. The Morgan fingerprint density at radius 3 is 2.80 bits per heavy atom. The summed E-state index contributed by atoms with van der Waals surface area (Å²) in [4.78, 5) is 31.6. The van der Waals surface area contributed by atoms with Gasteiger partial charge in [0.15, 0.2) is 0 Å². The largest absolute Gasteiger partial charge is 0.357 e. The van der Waals surface area contributed by atoms with Crippen molar-refractivity contribution in [2.75, 3.05) is 34.4 Å². The van der Waals surface area contributed by atoms with Crippen LogP contribution in [0.4, 0.5) is 17.2 Å². The van der Waals surface area contributed by atoms with Gasteiger partial charge < -0.3 is 15.5 Å². The third-order valence-corrected chi connectivity index (χ3v) is 5.38. The minimum Gasteiger partial charge on any atom is -0.357 e. The number of nitrogens with one attached hydrogen (secondary N) is 2. The molecule has 2 aliphatic rings. The molecule has 4 rings (SSSR count). The molecule has 0 aliphatic carbocycles. The SMILES string of the molecule is O=C1CSc2ccc(C(=O)Nc3ccc(N4CCCC4)nc3)cc2N1. The van der Waals surface area contributed by atoms with E-state index in [0.717, 1.165) is 23.8 Å². The lowest BCUT2D eigenvalue weighted by Gasteiger charge is -2.17. The number of pyridine rings is 1. The summed E-state index contributed by atoms with van der Waals surface area (Å²) in [6.45, 7) is 2.08. The maximum atomic E-state index is 12.5. The van der Waals surface area contributed by atoms with E-state index in [2.05, 4.69) is 20.5 Å². The van der Waals surface area contributed by atoms with Crippen LogP contribution >= 0.6 is 11.8 Å². The van der Waals surface area contributed by atoms with Crippen molar-refractivity contribution in [2.24, 2.45) is 0 Å². The Morgan fingerprint density at radius 1 is 1.20 bits per heavy atom. The lowest BCUT2D eigenvalue weighted by molar-refractivity contribution is -0.113. The van der Waals surface area contributed by atoms with Crippen LogP contribution in [0.15, 0.2) is 41.4 Å². The zero-order chi connectivity index (χ0) is 17.2. The highest BCUT2D eigenvalue weighted by molar-refractivity contribution is 8.00. The van der Waals surface area contributed by atoms with Crippen LogP contribution in [0.25, 0.3) is 0 Å². The second-order valence-corrected chi connectivity index (χ2v) is 7.12. The Balaban J connectivity index is 1.46. The van der Waals surface area contributed by atoms with Gasteiger partial charge in [-0.05, 0) is 43.2 Å². The van der Waals surface area contributed by atoms with E-state index in [4.69, 9.17) is 0 Å². The molecule has 128 valence electrons. The van der Waals surface area contributed by atoms with Crippen LogP contribution in [0.5, 0.6) is 0 Å².